The van der Waals surface area contributed by atoms with Gasteiger partial charge >= 0.3 is 0 Å². The third-order valence-electron chi connectivity index (χ3n) is 4.67. The molecule has 1 aliphatic rings. The largest absolute Gasteiger partial charge is 0.394 e. The number of aliphatic hydroxyl groups is 1. The van der Waals surface area contributed by atoms with Gasteiger partial charge in [0.25, 0.3) is 5.91 Å². The van der Waals surface area contributed by atoms with Crippen LogP contribution in [-0.2, 0) is 0 Å². The van der Waals surface area contributed by atoms with E-state index in [0.717, 1.165) is 25.7 Å². The Morgan fingerprint density at radius 1 is 1.36 bits per heavy atom. The van der Waals surface area contributed by atoms with Crippen LogP contribution in [0.4, 0.5) is 4.39 Å². The number of aromatic nitrogens is 3. The van der Waals surface area contributed by atoms with E-state index in [1.807, 2.05) is 13.8 Å². The van der Waals surface area contributed by atoms with Gasteiger partial charge in [-0.2, -0.15) is 0 Å². The summed E-state index contributed by atoms with van der Waals surface area (Å²) in [6, 6.07) is 6.26. The Labute approximate surface area is 146 Å². The number of carbonyl (C=O) groups is 1. The standard InChI is InChI=1S/C18H23FN4O2/c1-12(2)16-20-15(17(25)21-18(11-24)9-5-6-10-18)22-23(16)14-8-4-3-7-13(14)19/h3-4,7-8,12,24H,5-6,9-11H2,1-2H3,(H,21,25). The van der Waals surface area contributed by atoms with Gasteiger partial charge in [0.15, 0.2) is 0 Å². The summed E-state index contributed by atoms with van der Waals surface area (Å²) in [6.07, 6.45) is 3.41. The summed E-state index contributed by atoms with van der Waals surface area (Å²) < 4.78 is 15.5. The smallest absolute Gasteiger partial charge is 0.291 e. The minimum absolute atomic E-state index is 0.00771. The lowest BCUT2D eigenvalue weighted by atomic mass is 9.99. The quantitative estimate of drug-likeness (QED) is 0.872. The summed E-state index contributed by atoms with van der Waals surface area (Å²) in [5.74, 6) is -0.393. The van der Waals surface area contributed by atoms with Crippen LogP contribution in [0.15, 0.2) is 24.3 Å². The van der Waals surface area contributed by atoms with Crippen LogP contribution in [0.1, 0.15) is 61.9 Å². The maximum absolute atomic E-state index is 14.2. The van der Waals surface area contributed by atoms with Gasteiger partial charge < -0.3 is 10.4 Å². The Balaban J connectivity index is 1.94. The summed E-state index contributed by atoms with van der Waals surface area (Å²) in [5.41, 5.74) is -0.339. The Morgan fingerprint density at radius 3 is 2.64 bits per heavy atom. The second kappa shape index (κ2) is 6.92. The van der Waals surface area contributed by atoms with E-state index in [-0.39, 0.29) is 24.0 Å². The Hall–Kier alpha value is -2.28. The summed E-state index contributed by atoms with van der Waals surface area (Å²) in [7, 11) is 0. The number of halogens is 1. The molecule has 2 aromatic rings. The Kier molecular flexibility index (Phi) is 4.85. The van der Waals surface area contributed by atoms with Crippen LogP contribution in [0.2, 0.25) is 0 Å². The molecule has 134 valence electrons. The molecular weight excluding hydrogens is 323 g/mol. The van der Waals surface area contributed by atoms with Crippen molar-refractivity contribution < 1.29 is 14.3 Å². The topological polar surface area (TPSA) is 80.0 Å². The number of nitrogens with zero attached hydrogens (tertiary/aromatic N) is 3. The lowest BCUT2D eigenvalue weighted by molar-refractivity contribution is 0.0828. The van der Waals surface area contributed by atoms with Crippen LogP contribution in [0, 0.1) is 5.82 Å². The van der Waals surface area contributed by atoms with Crippen LogP contribution in [0.5, 0.6) is 0 Å². The van der Waals surface area contributed by atoms with Crippen LogP contribution < -0.4 is 5.32 Å². The van der Waals surface area contributed by atoms with Crippen molar-refractivity contribution in [1.82, 2.24) is 20.1 Å². The molecular formula is C18H23FN4O2. The predicted molar refractivity (Wildman–Crippen MR) is 91.2 cm³/mol. The zero-order valence-electron chi connectivity index (χ0n) is 14.5. The molecule has 25 heavy (non-hydrogen) atoms. The fourth-order valence-electron chi connectivity index (χ4n) is 3.27. The molecule has 1 aliphatic carbocycles. The molecule has 1 amide bonds. The van der Waals surface area contributed by atoms with Crippen molar-refractivity contribution in [3.63, 3.8) is 0 Å². The Bertz CT molecular complexity index is 766. The summed E-state index contributed by atoms with van der Waals surface area (Å²) in [6.45, 7) is 3.72. The van der Waals surface area contributed by atoms with E-state index in [0.29, 0.717) is 5.82 Å². The van der Waals surface area contributed by atoms with Crippen LogP contribution in [-0.4, -0.2) is 37.9 Å². The van der Waals surface area contributed by atoms with Crippen molar-refractivity contribution in [2.45, 2.75) is 51.0 Å². The van der Waals surface area contributed by atoms with Crippen molar-refractivity contribution in [2.75, 3.05) is 6.61 Å². The zero-order chi connectivity index (χ0) is 18.0. The lowest BCUT2D eigenvalue weighted by Crippen LogP contribution is -2.49. The first-order chi connectivity index (χ1) is 12.0. The number of rotatable bonds is 5. The van der Waals surface area contributed by atoms with E-state index in [1.165, 1.54) is 10.7 Å². The highest BCUT2D eigenvalue weighted by Gasteiger charge is 2.36. The van der Waals surface area contributed by atoms with Gasteiger partial charge in [0.05, 0.1) is 12.1 Å². The molecule has 0 unspecified atom stereocenters. The number of aliphatic hydroxyl groups excluding tert-OH is 1. The molecule has 3 rings (SSSR count). The van der Waals surface area contributed by atoms with Gasteiger partial charge in [0.2, 0.25) is 5.82 Å². The average Bonchev–Trinajstić information content (AvgIpc) is 3.23. The summed E-state index contributed by atoms with van der Waals surface area (Å²) >= 11 is 0. The average molecular weight is 346 g/mol. The first-order valence-electron chi connectivity index (χ1n) is 8.61. The van der Waals surface area contributed by atoms with Gasteiger partial charge in [-0.05, 0) is 25.0 Å². The third-order valence-corrected chi connectivity index (χ3v) is 4.67. The van der Waals surface area contributed by atoms with Gasteiger partial charge in [-0.15, -0.1) is 5.10 Å². The molecule has 0 aliphatic heterocycles. The van der Waals surface area contributed by atoms with Gasteiger partial charge in [-0.3, -0.25) is 4.79 Å². The molecule has 2 N–H and O–H groups in total. The SMILES string of the molecule is CC(C)c1nc(C(=O)NC2(CO)CCCC2)nn1-c1ccccc1F. The lowest BCUT2D eigenvalue weighted by Gasteiger charge is -2.27. The monoisotopic (exact) mass is 346 g/mol. The molecule has 1 heterocycles. The molecule has 1 fully saturated rings. The van der Waals surface area contributed by atoms with E-state index in [1.54, 1.807) is 18.2 Å². The van der Waals surface area contributed by atoms with Crippen molar-refractivity contribution in [3.8, 4) is 5.69 Å². The molecule has 1 aromatic carbocycles. The highest BCUT2D eigenvalue weighted by atomic mass is 19.1. The number of carbonyl (C=O) groups excluding carboxylic acids is 1. The number of nitrogens with one attached hydrogen (secondary N) is 1. The third kappa shape index (κ3) is 3.42. The van der Waals surface area contributed by atoms with E-state index in [2.05, 4.69) is 15.4 Å². The first-order valence-corrected chi connectivity index (χ1v) is 8.61. The van der Waals surface area contributed by atoms with Gasteiger partial charge in [0, 0.05) is 5.92 Å². The Morgan fingerprint density at radius 2 is 2.04 bits per heavy atom. The second-order valence-electron chi connectivity index (χ2n) is 6.91. The highest BCUT2D eigenvalue weighted by molar-refractivity contribution is 5.91. The van der Waals surface area contributed by atoms with Crippen molar-refractivity contribution in [1.29, 1.82) is 0 Å². The molecule has 1 aromatic heterocycles. The number of para-hydroxylation sites is 1. The van der Waals surface area contributed by atoms with Crippen LogP contribution in [0.3, 0.4) is 0 Å². The number of benzene rings is 1. The molecule has 0 spiro atoms. The van der Waals surface area contributed by atoms with E-state index in [4.69, 9.17) is 0 Å². The highest BCUT2D eigenvalue weighted by Crippen LogP contribution is 2.29. The molecule has 0 atom stereocenters. The minimum atomic E-state index is -0.599. The fraction of sp³-hybridized carbons (Fsp3) is 0.500. The van der Waals surface area contributed by atoms with Crippen molar-refractivity contribution in [2.24, 2.45) is 0 Å². The predicted octanol–water partition coefficient (Wildman–Crippen LogP) is 2.56. The molecule has 0 radical (unpaired) electrons. The maximum atomic E-state index is 14.2. The van der Waals surface area contributed by atoms with Crippen molar-refractivity contribution >= 4 is 5.91 Å². The van der Waals surface area contributed by atoms with Crippen LogP contribution in [0.25, 0.3) is 5.69 Å². The molecule has 0 bridgehead atoms. The van der Waals surface area contributed by atoms with Crippen molar-refractivity contribution in [3.05, 3.63) is 41.7 Å². The van der Waals surface area contributed by atoms with Crippen LogP contribution >= 0.6 is 0 Å². The van der Waals surface area contributed by atoms with Gasteiger partial charge in [-0.1, -0.05) is 38.8 Å². The summed E-state index contributed by atoms with van der Waals surface area (Å²) in [5, 5.41) is 16.8. The first kappa shape index (κ1) is 17.5. The van der Waals surface area contributed by atoms with Gasteiger partial charge in [0.1, 0.15) is 17.3 Å². The normalized spacial score (nSPS) is 16.4. The molecule has 7 heteroatoms. The fourth-order valence-corrected chi connectivity index (χ4v) is 3.27. The molecule has 1 saturated carbocycles. The zero-order valence-corrected chi connectivity index (χ0v) is 14.5. The van der Waals surface area contributed by atoms with E-state index in [9.17, 15) is 14.3 Å². The van der Waals surface area contributed by atoms with E-state index < -0.39 is 17.3 Å². The molecule has 6 nitrogen and oxygen atoms in total. The minimum Gasteiger partial charge on any atom is -0.394 e. The number of hydrogen-bond donors (Lipinski definition) is 2. The maximum Gasteiger partial charge on any atom is 0.291 e. The number of amides is 1. The molecule has 0 saturated heterocycles. The second-order valence-corrected chi connectivity index (χ2v) is 6.91. The number of hydrogen-bond acceptors (Lipinski definition) is 4. The summed E-state index contributed by atoms with van der Waals surface area (Å²) in [4.78, 5) is 16.9. The van der Waals surface area contributed by atoms with Gasteiger partial charge in [-0.25, -0.2) is 14.1 Å². The van der Waals surface area contributed by atoms with E-state index >= 15 is 0 Å².